The highest BCUT2D eigenvalue weighted by atomic mass is 16.3. The Labute approximate surface area is 325 Å². The number of furan rings is 1. The van der Waals surface area contributed by atoms with Crippen molar-refractivity contribution in [3.63, 3.8) is 0 Å². The molecule has 0 unspecified atom stereocenters. The molecule has 6 nitrogen and oxygen atoms in total. The Bertz CT molecular complexity index is 3660. The van der Waals surface area contributed by atoms with Gasteiger partial charge in [0.1, 0.15) is 17.2 Å². The van der Waals surface area contributed by atoms with Crippen molar-refractivity contribution in [3.8, 4) is 40.0 Å². The predicted octanol–water partition coefficient (Wildman–Crippen LogP) is 12.9. The van der Waals surface area contributed by atoms with Crippen LogP contribution in [0.1, 0.15) is 5.69 Å². The molecule has 8 aromatic carbocycles. The maximum absolute atomic E-state index is 10.0. The van der Waals surface area contributed by atoms with Crippen LogP contribution >= 0.6 is 0 Å². The quantitative estimate of drug-likeness (QED) is 0.181. The van der Waals surface area contributed by atoms with Gasteiger partial charge in [0, 0.05) is 43.4 Å². The number of benzene rings is 8. The lowest BCUT2D eigenvalue weighted by molar-refractivity contribution is 0.669. The molecule has 0 saturated heterocycles. The number of nitrogens with zero attached hydrogens (tertiary/aromatic N) is 5. The maximum Gasteiger partial charge on any atom is 0.236 e. The van der Waals surface area contributed by atoms with Gasteiger partial charge in [0.15, 0.2) is 5.69 Å². The summed E-state index contributed by atoms with van der Waals surface area (Å²) in [6.45, 7) is 0. The second kappa shape index (κ2) is 12.0. The number of nitriles is 1. The summed E-state index contributed by atoms with van der Waals surface area (Å²) in [5, 5.41) is 17.6. The molecule has 0 saturated carbocycles. The van der Waals surface area contributed by atoms with E-state index in [1.165, 1.54) is 10.8 Å². The van der Waals surface area contributed by atoms with Gasteiger partial charge in [0.25, 0.3) is 0 Å². The van der Waals surface area contributed by atoms with Crippen LogP contribution in [0, 0.1) is 11.3 Å². The standard InChI is InChI=1S/C51H29N5O/c52-30-44-38-14-4-7-15-43(38)53-51(54-44)56-45-16-8-5-12-36(45)39-26-31(20-24-48(39)56)32-18-22-46-40(27-32)41-28-33(19-23-47(41)55(46)35-10-2-1-3-11-35)34-21-25-50-42(29-34)37-13-6-9-17-49(37)57-50/h1-29H. The molecule has 0 N–H and O–H groups in total. The fraction of sp³-hybridized carbons (Fsp3) is 0. The average Bonchev–Trinajstić information content (AvgIpc) is 3.93. The Morgan fingerprint density at radius 2 is 0.912 bits per heavy atom. The molecule has 0 aliphatic carbocycles. The van der Waals surface area contributed by atoms with Gasteiger partial charge in [-0.25, -0.2) is 9.97 Å². The zero-order chi connectivity index (χ0) is 37.6. The summed E-state index contributed by atoms with van der Waals surface area (Å²) in [7, 11) is 0. The Morgan fingerprint density at radius 1 is 0.404 bits per heavy atom. The molecule has 0 atom stereocenters. The topological polar surface area (TPSA) is 72.6 Å². The summed E-state index contributed by atoms with van der Waals surface area (Å²) in [4.78, 5) is 9.72. The first-order valence-corrected chi connectivity index (χ1v) is 19.0. The van der Waals surface area contributed by atoms with Gasteiger partial charge in [0.2, 0.25) is 5.95 Å². The summed E-state index contributed by atoms with van der Waals surface area (Å²) in [6.07, 6.45) is 0. The summed E-state index contributed by atoms with van der Waals surface area (Å²) in [5.74, 6) is 0.482. The van der Waals surface area contributed by atoms with E-state index < -0.39 is 0 Å². The smallest absolute Gasteiger partial charge is 0.236 e. The number of hydrogen-bond acceptors (Lipinski definition) is 4. The molecule has 6 heteroatoms. The van der Waals surface area contributed by atoms with Crippen molar-refractivity contribution >= 4 is 76.5 Å². The predicted molar refractivity (Wildman–Crippen MR) is 231 cm³/mol. The lowest BCUT2D eigenvalue weighted by Crippen LogP contribution is -2.03. The highest BCUT2D eigenvalue weighted by Crippen LogP contribution is 2.40. The minimum atomic E-state index is 0.361. The number of fused-ring (bicyclic) bond motifs is 10. The SMILES string of the molecule is N#Cc1nc(-n2c3ccccc3c3cc(-c4ccc5c(c4)c4cc(-c6ccc7oc8ccccc8c7c6)ccc4n5-c4ccccc4)ccc32)nc2ccccc12. The van der Waals surface area contributed by atoms with Crippen LogP contribution in [-0.4, -0.2) is 19.1 Å². The Hall–Kier alpha value is -8.01. The summed E-state index contributed by atoms with van der Waals surface area (Å²) in [5.41, 5.74) is 12.8. The third-order valence-electron chi connectivity index (χ3n) is 11.4. The molecule has 264 valence electrons. The van der Waals surface area contributed by atoms with Crippen LogP contribution in [0.2, 0.25) is 0 Å². The highest BCUT2D eigenvalue weighted by Gasteiger charge is 2.19. The van der Waals surface area contributed by atoms with Gasteiger partial charge in [-0.15, -0.1) is 0 Å². The monoisotopic (exact) mass is 727 g/mol. The van der Waals surface area contributed by atoms with Gasteiger partial charge < -0.3 is 8.98 Å². The molecule has 0 spiro atoms. The summed E-state index contributed by atoms with van der Waals surface area (Å²) < 4.78 is 10.6. The van der Waals surface area contributed by atoms with Gasteiger partial charge in [0.05, 0.1) is 27.6 Å². The largest absolute Gasteiger partial charge is 0.456 e. The second-order valence-electron chi connectivity index (χ2n) is 14.5. The lowest BCUT2D eigenvalue weighted by Gasteiger charge is -2.09. The molecule has 0 fully saturated rings. The van der Waals surface area contributed by atoms with Gasteiger partial charge in [-0.05, 0) is 107 Å². The highest BCUT2D eigenvalue weighted by molar-refractivity contribution is 6.14. The van der Waals surface area contributed by atoms with Gasteiger partial charge >= 0.3 is 0 Å². The van der Waals surface area contributed by atoms with E-state index in [4.69, 9.17) is 14.4 Å². The van der Waals surface area contributed by atoms with Gasteiger partial charge in [-0.2, -0.15) is 5.26 Å². The van der Waals surface area contributed by atoms with E-state index in [0.29, 0.717) is 11.6 Å². The minimum absolute atomic E-state index is 0.361. The van der Waals surface area contributed by atoms with Crippen LogP contribution in [0.15, 0.2) is 180 Å². The van der Waals surface area contributed by atoms with Gasteiger partial charge in [-0.3, -0.25) is 4.57 Å². The van der Waals surface area contributed by atoms with E-state index in [-0.39, 0.29) is 0 Å². The molecule has 12 rings (SSSR count). The Balaban J connectivity index is 1.05. The van der Waals surface area contributed by atoms with E-state index in [1.807, 2.05) is 42.5 Å². The van der Waals surface area contributed by atoms with Crippen molar-refractivity contribution in [1.29, 1.82) is 5.26 Å². The van der Waals surface area contributed by atoms with Gasteiger partial charge in [-0.1, -0.05) is 91.0 Å². The van der Waals surface area contributed by atoms with Crippen molar-refractivity contribution in [2.45, 2.75) is 0 Å². The zero-order valence-corrected chi connectivity index (χ0v) is 30.4. The Kier molecular flexibility index (Phi) is 6.60. The summed E-state index contributed by atoms with van der Waals surface area (Å²) >= 11 is 0. The van der Waals surface area contributed by atoms with Crippen LogP contribution in [0.5, 0.6) is 0 Å². The van der Waals surface area contributed by atoms with Crippen molar-refractivity contribution in [1.82, 2.24) is 19.1 Å². The van der Waals surface area contributed by atoms with E-state index >= 15 is 0 Å². The first-order valence-electron chi connectivity index (χ1n) is 19.0. The zero-order valence-electron chi connectivity index (χ0n) is 30.4. The molecule has 0 aliphatic rings. The maximum atomic E-state index is 10.0. The molecule has 0 amide bonds. The fourth-order valence-electron chi connectivity index (χ4n) is 8.76. The van der Waals surface area contributed by atoms with Crippen LogP contribution < -0.4 is 0 Å². The van der Waals surface area contributed by atoms with E-state index in [9.17, 15) is 5.26 Å². The van der Waals surface area contributed by atoms with Crippen LogP contribution in [0.4, 0.5) is 0 Å². The van der Waals surface area contributed by atoms with E-state index in [1.54, 1.807) is 0 Å². The molecule has 4 heterocycles. The number of hydrogen-bond donors (Lipinski definition) is 0. The normalized spacial score (nSPS) is 11.8. The first-order chi connectivity index (χ1) is 28.2. The molecule has 12 aromatic rings. The molecule has 0 radical (unpaired) electrons. The van der Waals surface area contributed by atoms with Crippen molar-refractivity contribution in [3.05, 3.63) is 182 Å². The number of rotatable bonds is 4. The third kappa shape index (κ3) is 4.70. The molecular formula is C51H29N5O. The third-order valence-corrected chi connectivity index (χ3v) is 11.4. The number of aromatic nitrogens is 4. The first kappa shape index (κ1) is 31.4. The van der Waals surface area contributed by atoms with Crippen molar-refractivity contribution in [2.75, 3.05) is 0 Å². The summed E-state index contributed by atoms with van der Waals surface area (Å²) in [6, 6.07) is 63.8. The lowest BCUT2D eigenvalue weighted by atomic mass is 9.98. The molecule has 0 bridgehead atoms. The molecule has 4 aromatic heterocycles. The molecule has 57 heavy (non-hydrogen) atoms. The van der Waals surface area contributed by atoms with Crippen LogP contribution in [0.25, 0.3) is 110 Å². The molecular weight excluding hydrogens is 699 g/mol. The average molecular weight is 728 g/mol. The molecule has 0 aliphatic heterocycles. The number of para-hydroxylation sites is 4. The van der Waals surface area contributed by atoms with Crippen molar-refractivity contribution < 1.29 is 4.42 Å². The van der Waals surface area contributed by atoms with E-state index in [2.05, 4.69) is 149 Å². The minimum Gasteiger partial charge on any atom is -0.456 e. The second-order valence-corrected chi connectivity index (χ2v) is 14.5. The van der Waals surface area contributed by atoms with Crippen LogP contribution in [0.3, 0.4) is 0 Å². The van der Waals surface area contributed by atoms with E-state index in [0.717, 1.165) is 93.6 Å². The fourth-order valence-corrected chi connectivity index (χ4v) is 8.76. The Morgan fingerprint density at radius 3 is 1.61 bits per heavy atom. The van der Waals surface area contributed by atoms with Crippen LogP contribution in [-0.2, 0) is 0 Å². The van der Waals surface area contributed by atoms with Crippen molar-refractivity contribution in [2.24, 2.45) is 0 Å².